The van der Waals surface area contributed by atoms with Crippen molar-refractivity contribution in [3.63, 3.8) is 0 Å². The van der Waals surface area contributed by atoms with E-state index in [2.05, 4.69) is 37.8 Å². The molecule has 1 rings (SSSR count). The van der Waals surface area contributed by atoms with Crippen molar-refractivity contribution in [1.29, 1.82) is 0 Å². The van der Waals surface area contributed by atoms with Gasteiger partial charge in [0, 0.05) is 5.56 Å². The van der Waals surface area contributed by atoms with E-state index in [-0.39, 0.29) is 0 Å². The van der Waals surface area contributed by atoms with E-state index in [1.807, 2.05) is 12.1 Å². The summed E-state index contributed by atoms with van der Waals surface area (Å²) in [7, 11) is 0. The molecule has 0 aromatic heterocycles. The first-order valence-electron chi connectivity index (χ1n) is 4.89. The summed E-state index contributed by atoms with van der Waals surface area (Å²) in [6.45, 7) is 5.99. The van der Waals surface area contributed by atoms with Gasteiger partial charge < -0.3 is 5.11 Å². The van der Waals surface area contributed by atoms with Crippen molar-refractivity contribution in [2.24, 2.45) is 0 Å². The Balaban J connectivity index is 2.80. The Bertz CT molecular complexity index is 336. The second-order valence-electron chi connectivity index (χ2n) is 3.72. The van der Waals surface area contributed by atoms with Crippen molar-refractivity contribution in [1.82, 2.24) is 0 Å². The Morgan fingerprint density at radius 3 is 2.07 bits per heavy atom. The molecule has 0 fully saturated rings. The largest absolute Gasteiger partial charge is 0.381 e. The maximum Gasteiger partial charge on any atom is 0.112 e. The second-order valence-corrected chi connectivity index (χ2v) is 3.72. The quantitative estimate of drug-likeness (QED) is 0.671. The maximum absolute atomic E-state index is 8.98. The molecule has 0 saturated heterocycles. The predicted molar refractivity (Wildman–Crippen MR) is 59.1 cm³/mol. The molecule has 0 heterocycles. The molecule has 0 bridgehead atoms. The molecule has 0 aliphatic heterocycles. The van der Waals surface area contributed by atoms with Crippen molar-refractivity contribution in [3.05, 3.63) is 35.4 Å². The zero-order valence-corrected chi connectivity index (χ0v) is 8.91. The first kappa shape index (κ1) is 10.8. The molecule has 0 amide bonds. The van der Waals surface area contributed by atoms with Crippen LogP contribution in [0.4, 0.5) is 0 Å². The van der Waals surface area contributed by atoms with Crippen LogP contribution in [0.1, 0.15) is 37.8 Å². The van der Waals surface area contributed by atoms with Gasteiger partial charge in [-0.15, -0.1) is 0 Å². The summed E-state index contributed by atoms with van der Waals surface area (Å²) in [5.74, 6) is 6.18. The smallest absolute Gasteiger partial charge is 0.112 e. The molecule has 0 aliphatic rings. The number of hydrogen-bond donors (Lipinski definition) is 1. The van der Waals surface area contributed by atoms with Gasteiger partial charge in [-0.1, -0.05) is 37.8 Å². The first-order valence-corrected chi connectivity index (χ1v) is 4.89. The van der Waals surface area contributed by atoms with Gasteiger partial charge in [-0.3, -0.25) is 0 Å². The number of aliphatic hydroxyl groups excluding tert-OH is 1. The van der Waals surface area contributed by atoms with Gasteiger partial charge in [0.25, 0.3) is 0 Å². The van der Waals surface area contributed by atoms with Gasteiger partial charge in [0.1, 0.15) is 6.10 Å². The Morgan fingerprint density at radius 1 is 1.07 bits per heavy atom. The van der Waals surface area contributed by atoms with E-state index in [4.69, 9.17) is 5.11 Å². The van der Waals surface area contributed by atoms with Gasteiger partial charge in [0.05, 0.1) is 0 Å². The maximum atomic E-state index is 8.98. The van der Waals surface area contributed by atoms with Crippen LogP contribution in [-0.4, -0.2) is 11.2 Å². The van der Waals surface area contributed by atoms with Crippen molar-refractivity contribution in [2.75, 3.05) is 0 Å². The average molecular weight is 188 g/mol. The highest BCUT2D eigenvalue weighted by Gasteiger charge is 1.96. The Hall–Kier alpha value is -1.26. The van der Waals surface area contributed by atoms with Crippen LogP contribution in [0.3, 0.4) is 0 Å². The second kappa shape index (κ2) is 4.83. The molecule has 1 aromatic carbocycles. The van der Waals surface area contributed by atoms with Crippen molar-refractivity contribution < 1.29 is 5.11 Å². The summed E-state index contributed by atoms with van der Waals surface area (Å²) in [5, 5.41) is 8.98. The van der Waals surface area contributed by atoms with Crippen LogP contribution >= 0.6 is 0 Å². The van der Waals surface area contributed by atoms with Crippen molar-refractivity contribution in [2.45, 2.75) is 32.8 Å². The van der Waals surface area contributed by atoms with Crippen LogP contribution in [0.2, 0.25) is 0 Å². The van der Waals surface area contributed by atoms with Gasteiger partial charge in [0.2, 0.25) is 0 Å². The van der Waals surface area contributed by atoms with Crippen LogP contribution in [-0.2, 0) is 0 Å². The summed E-state index contributed by atoms with van der Waals surface area (Å²) >= 11 is 0. The number of rotatable bonds is 1. The van der Waals surface area contributed by atoms with Crippen LogP contribution < -0.4 is 0 Å². The van der Waals surface area contributed by atoms with Gasteiger partial charge in [0.15, 0.2) is 0 Å². The molecule has 1 nitrogen and oxygen atoms in total. The summed E-state index contributed by atoms with van der Waals surface area (Å²) in [6, 6.07) is 8.14. The fourth-order valence-electron chi connectivity index (χ4n) is 1.14. The molecule has 1 unspecified atom stereocenters. The fraction of sp³-hybridized carbons (Fsp3) is 0.385. The third kappa shape index (κ3) is 3.24. The van der Waals surface area contributed by atoms with E-state index in [1.165, 1.54) is 5.56 Å². The Labute approximate surface area is 85.8 Å². The lowest BCUT2D eigenvalue weighted by Crippen LogP contribution is -1.93. The third-order valence-electron chi connectivity index (χ3n) is 2.00. The molecule has 14 heavy (non-hydrogen) atoms. The molecule has 1 aromatic rings. The van der Waals surface area contributed by atoms with E-state index >= 15 is 0 Å². The lowest BCUT2D eigenvalue weighted by molar-refractivity contribution is 0.253. The van der Waals surface area contributed by atoms with Crippen LogP contribution in [0, 0.1) is 11.8 Å². The summed E-state index contributed by atoms with van der Waals surface area (Å²) < 4.78 is 0. The standard InChI is InChI=1S/C13H16O/c1-10(2)13-8-6-12(7-9-13)5-4-11(3)14/h6-11,14H,1-3H3. The minimum Gasteiger partial charge on any atom is -0.381 e. The minimum atomic E-state index is -0.556. The molecule has 0 saturated carbocycles. The zero-order valence-electron chi connectivity index (χ0n) is 8.91. The molecule has 74 valence electrons. The topological polar surface area (TPSA) is 20.2 Å². The van der Waals surface area contributed by atoms with Crippen LogP contribution in [0.5, 0.6) is 0 Å². The summed E-state index contributed by atoms with van der Waals surface area (Å²) in [4.78, 5) is 0. The molecule has 1 atom stereocenters. The van der Waals surface area contributed by atoms with Crippen molar-refractivity contribution >= 4 is 0 Å². The van der Waals surface area contributed by atoms with Gasteiger partial charge in [-0.2, -0.15) is 0 Å². The highest BCUT2D eigenvalue weighted by molar-refractivity contribution is 5.37. The normalized spacial score (nSPS) is 12.1. The fourth-order valence-corrected chi connectivity index (χ4v) is 1.14. The Morgan fingerprint density at radius 2 is 1.64 bits per heavy atom. The molecular formula is C13H16O. The number of aliphatic hydroxyl groups is 1. The third-order valence-corrected chi connectivity index (χ3v) is 2.00. The summed E-state index contributed by atoms with van der Waals surface area (Å²) in [5.41, 5.74) is 2.27. The average Bonchev–Trinajstić information content (AvgIpc) is 2.15. The molecule has 0 aliphatic carbocycles. The van der Waals surface area contributed by atoms with E-state index in [0.717, 1.165) is 5.56 Å². The lowest BCUT2D eigenvalue weighted by Gasteiger charge is -2.03. The number of benzene rings is 1. The van der Waals surface area contributed by atoms with Gasteiger partial charge in [-0.05, 0) is 30.5 Å². The van der Waals surface area contributed by atoms with Crippen molar-refractivity contribution in [3.8, 4) is 11.8 Å². The number of hydrogen-bond acceptors (Lipinski definition) is 1. The Kier molecular flexibility index (Phi) is 3.73. The van der Waals surface area contributed by atoms with E-state index < -0.39 is 6.10 Å². The monoisotopic (exact) mass is 188 g/mol. The highest BCUT2D eigenvalue weighted by atomic mass is 16.3. The predicted octanol–water partition coefficient (Wildman–Crippen LogP) is 2.54. The molecule has 1 N–H and O–H groups in total. The van der Waals surface area contributed by atoms with E-state index in [0.29, 0.717) is 5.92 Å². The van der Waals surface area contributed by atoms with Crippen LogP contribution in [0.15, 0.2) is 24.3 Å². The highest BCUT2D eigenvalue weighted by Crippen LogP contribution is 2.13. The first-order chi connectivity index (χ1) is 6.59. The zero-order chi connectivity index (χ0) is 10.6. The SMILES string of the molecule is CC(O)C#Cc1ccc(C(C)C)cc1. The van der Waals surface area contributed by atoms with Gasteiger partial charge >= 0.3 is 0 Å². The molecule has 1 heteroatoms. The van der Waals surface area contributed by atoms with Crippen LogP contribution in [0.25, 0.3) is 0 Å². The summed E-state index contributed by atoms with van der Waals surface area (Å²) in [6.07, 6.45) is -0.556. The van der Waals surface area contributed by atoms with E-state index in [9.17, 15) is 0 Å². The van der Waals surface area contributed by atoms with Gasteiger partial charge in [-0.25, -0.2) is 0 Å². The lowest BCUT2D eigenvalue weighted by atomic mass is 10.0. The molecular weight excluding hydrogens is 172 g/mol. The minimum absolute atomic E-state index is 0.550. The van der Waals surface area contributed by atoms with E-state index in [1.54, 1.807) is 6.92 Å². The molecule has 0 radical (unpaired) electrons. The molecule has 0 spiro atoms.